The Kier molecular flexibility index (Phi) is 6.47. The van der Waals surface area contributed by atoms with E-state index >= 15 is 0 Å². The summed E-state index contributed by atoms with van der Waals surface area (Å²) in [5.74, 6) is -0.497. The van der Waals surface area contributed by atoms with Crippen molar-refractivity contribution in [3.8, 4) is 5.75 Å². The molecule has 0 fully saturated rings. The lowest BCUT2D eigenvalue weighted by molar-refractivity contribution is -0.210. The second-order valence-electron chi connectivity index (χ2n) is 3.43. The van der Waals surface area contributed by atoms with Crippen LogP contribution in [0, 0.1) is 0 Å². The molecule has 0 spiro atoms. The highest BCUT2D eigenvalue weighted by molar-refractivity contribution is 5.85. The van der Waals surface area contributed by atoms with Crippen molar-refractivity contribution in [2.45, 2.75) is 24.9 Å². The summed E-state index contributed by atoms with van der Waals surface area (Å²) in [7, 11) is 0. The Balaban J connectivity index is 0.00000324. The number of hydrogen-bond donors (Lipinski definition) is 2. The lowest BCUT2D eigenvalue weighted by Gasteiger charge is -2.23. The molecule has 19 heavy (non-hydrogen) atoms. The Morgan fingerprint density at radius 2 is 1.68 bits per heavy atom. The number of halogens is 6. The zero-order valence-corrected chi connectivity index (χ0v) is 10.1. The Morgan fingerprint density at radius 3 is 2.16 bits per heavy atom. The molecule has 0 heterocycles. The highest BCUT2D eigenvalue weighted by atomic mass is 35.5. The molecule has 0 bridgehead atoms. The van der Waals surface area contributed by atoms with Crippen molar-refractivity contribution in [2.75, 3.05) is 0 Å². The molecule has 0 radical (unpaired) electrons. The van der Waals surface area contributed by atoms with E-state index in [-0.39, 0.29) is 18.0 Å². The quantitative estimate of drug-likeness (QED) is 0.841. The summed E-state index contributed by atoms with van der Waals surface area (Å²) in [6.45, 7) is -3.19. The topological polar surface area (TPSA) is 55.5 Å². The maximum Gasteiger partial charge on any atom is 0.416 e. The zero-order valence-electron chi connectivity index (χ0n) is 9.27. The van der Waals surface area contributed by atoms with Crippen molar-refractivity contribution in [1.29, 1.82) is 0 Å². The zero-order chi connectivity index (χ0) is 13.9. The number of hydrogen-bond acceptors (Lipinski definition) is 3. The van der Waals surface area contributed by atoms with Crippen LogP contribution in [0.15, 0.2) is 24.3 Å². The van der Waals surface area contributed by atoms with Crippen molar-refractivity contribution in [3.63, 3.8) is 0 Å². The number of para-hydroxylation sites is 1. The van der Waals surface area contributed by atoms with Gasteiger partial charge in [0, 0.05) is 5.56 Å². The number of alkyl halides is 5. The lowest BCUT2D eigenvalue weighted by Crippen LogP contribution is -2.39. The molecule has 1 aromatic rings. The summed E-state index contributed by atoms with van der Waals surface area (Å²) in [6, 6.07) is 2.83. The monoisotopic (exact) mass is 307 g/mol. The van der Waals surface area contributed by atoms with Gasteiger partial charge in [0.1, 0.15) is 5.75 Å². The van der Waals surface area contributed by atoms with E-state index in [4.69, 9.17) is 10.8 Å². The highest BCUT2D eigenvalue weighted by Crippen LogP contribution is 2.33. The maximum absolute atomic E-state index is 12.3. The standard InChI is InChI=1S/C10H10F5NO2.ClH/c11-9(12)18-6-4-2-1-3-5(6)7(16)8(17)10(13,14)15;/h1-4,7-9,17H,16H2;1H/t7-,8-;/m1./s1. The molecule has 0 aromatic heterocycles. The minimum atomic E-state index is -4.95. The van der Waals surface area contributed by atoms with Crippen LogP contribution < -0.4 is 10.5 Å². The van der Waals surface area contributed by atoms with Gasteiger partial charge in [0.05, 0.1) is 6.04 Å². The van der Waals surface area contributed by atoms with Gasteiger partial charge in [-0.15, -0.1) is 12.4 Å². The molecule has 1 aromatic carbocycles. The van der Waals surface area contributed by atoms with Gasteiger partial charge in [-0.1, -0.05) is 18.2 Å². The fourth-order valence-electron chi connectivity index (χ4n) is 1.33. The number of nitrogens with two attached hydrogens (primary N) is 1. The molecule has 9 heteroatoms. The van der Waals surface area contributed by atoms with Gasteiger partial charge in [0.15, 0.2) is 6.10 Å². The van der Waals surface area contributed by atoms with Gasteiger partial charge in [0.2, 0.25) is 0 Å². The number of aliphatic hydroxyl groups excluding tert-OH is 1. The first-order valence-corrected chi connectivity index (χ1v) is 4.77. The van der Waals surface area contributed by atoms with E-state index in [0.717, 1.165) is 12.1 Å². The molecule has 1 rings (SSSR count). The predicted molar refractivity (Wildman–Crippen MR) is 59.3 cm³/mol. The van der Waals surface area contributed by atoms with Gasteiger partial charge in [0.25, 0.3) is 0 Å². The molecule has 3 N–H and O–H groups in total. The normalized spacial score (nSPS) is 14.7. The number of rotatable bonds is 4. The van der Waals surface area contributed by atoms with E-state index < -0.39 is 30.7 Å². The van der Waals surface area contributed by atoms with Gasteiger partial charge < -0.3 is 15.6 Å². The van der Waals surface area contributed by atoms with Gasteiger partial charge in [-0.25, -0.2) is 0 Å². The fourth-order valence-corrected chi connectivity index (χ4v) is 1.33. The first kappa shape index (κ1) is 17.9. The largest absolute Gasteiger partial charge is 0.434 e. The summed E-state index contributed by atoms with van der Waals surface area (Å²) >= 11 is 0. The first-order valence-electron chi connectivity index (χ1n) is 4.77. The van der Waals surface area contributed by atoms with Crippen LogP contribution in [-0.4, -0.2) is 24.0 Å². The minimum Gasteiger partial charge on any atom is -0.434 e. The van der Waals surface area contributed by atoms with E-state index in [1.165, 1.54) is 12.1 Å². The molecule has 0 aliphatic rings. The van der Waals surface area contributed by atoms with E-state index in [1.807, 2.05) is 0 Å². The van der Waals surface area contributed by atoms with Crippen LogP contribution in [0.25, 0.3) is 0 Å². The van der Waals surface area contributed by atoms with Crippen LogP contribution in [0.2, 0.25) is 0 Å². The van der Waals surface area contributed by atoms with Gasteiger partial charge in [-0.3, -0.25) is 0 Å². The molecular formula is C10H11ClF5NO2. The van der Waals surface area contributed by atoms with Crippen molar-refractivity contribution >= 4 is 12.4 Å². The third-order valence-electron chi connectivity index (χ3n) is 2.17. The Morgan fingerprint density at radius 1 is 1.16 bits per heavy atom. The second-order valence-corrected chi connectivity index (χ2v) is 3.43. The maximum atomic E-state index is 12.3. The molecule has 0 amide bonds. The van der Waals surface area contributed by atoms with Gasteiger partial charge in [-0.05, 0) is 6.07 Å². The van der Waals surface area contributed by atoms with Crippen molar-refractivity contribution < 1.29 is 31.8 Å². The van der Waals surface area contributed by atoms with Crippen LogP contribution >= 0.6 is 12.4 Å². The van der Waals surface area contributed by atoms with E-state index in [2.05, 4.69) is 4.74 Å². The van der Waals surface area contributed by atoms with E-state index in [9.17, 15) is 22.0 Å². The fraction of sp³-hybridized carbons (Fsp3) is 0.400. The van der Waals surface area contributed by atoms with Crippen LogP contribution in [0.1, 0.15) is 11.6 Å². The lowest BCUT2D eigenvalue weighted by atomic mass is 10.0. The van der Waals surface area contributed by atoms with Gasteiger partial charge in [-0.2, -0.15) is 22.0 Å². The summed E-state index contributed by atoms with van der Waals surface area (Å²) in [5.41, 5.74) is 4.86. The summed E-state index contributed by atoms with van der Waals surface area (Å²) in [6.07, 6.45) is -7.81. The summed E-state index contributed by atoms with van der Waals surface area (Å²) < 4.78 is 64.9. The molecule has 110 valence electrons. The number of ether oxygens (including phenoxy) is 1. The smallest absolute Gasteiger partial charge is 0.416 e. The van der Waals surface area contributed by atoms with Crippen molar-refractivity contribution in [3.05, 3.63) is 29.8 Å². The van der Waals surface area contributed by atoms with Crippen LogP contribution in [0.5, 0.6) is 5.75 Å². The Bertz CT molecular complexity index is 402. The second kappa shape index (κ2) is 6.88. The molecule has 0 aliphatic heterocycles. The summed E-state index contributed by atoms with van der Waals surface area (Å²) in [4.78, 5) is 0. The molecule has 2 atom stereocenters. The third-order valence-corrected chi connectivity index (χ3v) is 2.17. The molecule has 0 saturated carbocycles. The predicted octanol–water partition coefficient (Wildman–Crippen LogP) is 2.63. The molecule has 0 aliphatic carbocycles. The number of aliphatic hydroxyl groups is 1. The SMILES string of the molecule is Cl.N[C@H](c1ccccc1OC(F)F)[C@@H](O)C(F)(F)F. The average Bonchev–Trinajstić information content (AvgIpc) is 2.26. The Hall–Kier alpha value is -1.12. The van der Waals surface area contributed by atoms with Crippen molar-refractivity contribution in [2.24, 2.45) is 5.73 Å². The summed E-state index contributed by atoms with van der Waals surface area (Å²) in [5, 5.41) is 8.97. The molecule has 0 unspecified atom stereocenters. The van der Waals surface area contributed by atoms with Crippen LogP contribution in [-0.2, 0) is 0 Å². The van der Waals surface area contributed by atoms with Crippen molar-refractivity contribution in [1.82, 2.24) is 0 Å². The Labute approximate surface area is 111 Å². The molecule has 0 saturated heterocycles. The number of benzene rings is 1. The highest BCUT2D eigenvalue weighted by Gasteiger charge is 2.43. The van der Waals surface area contributed by atoms with Crippen LogP contribution in [0.4, 0.5) is 22.0 Å². The first-order chi connectivity index (χ1) is 8.23. The molecular weight excluding hydrogens is 297 g/mol. The average molecular weight is 308 g/mol. The van der Waals surface area contributed by atoms with Gasteiger partial charge >= 0.3 is 12.8 Å². The third kappa shape index (κ3) is 4.81. The molecule has 3 nitrogen and oxygen atoms in total. The van der Waals surface area contributed by atoms with E-state index in [1.54, 1.807) is 0 Å². The minimum absolute atomic E-state index is 0. The van der Waals surface area contributed by atoms with E-state index in [0.29, 0.717) is 0 Å². The van der Waals surface area contributed by atoms with Crippen LogP contribution in [0.3, 0.4) is 0 Å².